The topological polar surface area (TPSA) is 167 Å². The zero-order chi connectivity index (χ0) is 27.0. The molecule has 13 heteroatoms. The fraction of sp³-hybridized carbons (Fsp3) is 0.560. The first-order valence-corrected chi connectivity index (χ1v) is 12.5. The van der Waals surface area contributed by atoms with Crippen molar-refractivity contribution >= 4 is 42.6 Å². The number of hydrazone groups is 1. The predicted molar refractivity (Wildman–Crippen MR) is 145 cm³/mol. The number of ether oxygens (including phenoxy) is 1. The number of likely N-dealkylation sites (tertiary alicyclic amines) is 1. The van der Waals surface area contributed by atoms with Gasteiger partial charge in [0.25, 0.3) is 0 Å². The van der Waals surface area contributed by atoms with Crippen molar-refractivity contribution in [3.63, 3.8) is 0 Å². The molecule has 38 heavy (non-hydrogen) atoms. The number of nitrogens with two attached hydrogens (primary N) is 1. The molecule has 0 aliphatic carbocycles. The van der Waals surface area contributed by atoms with Gasteiger partial charge in [0, 0.05) is 26.2 Å². The summed E-state index contributed by atoms with van der Waals surface area (Å²) in [5.41, 5.74) is 0.759. The summed E-state index contributed by atoms with van der Waals surface area (Å²) in [5.74, 6) is 3.15. The summed E-state index contributed by atoms with van der Waals surface area (Å²) >= 11 is 0. The van der Waals surface area contributed by atoms with Gasteiger partial charge < -0.3 is 36.1 Å². The Morgan fingerprint density at radius 3 is 2.68 bits per heavy atom. The number of benzene rings is 1. The van der Waals surface area contributed by atoms with Gasteiger partial charge in [-0.25, -0.2) is 4.79 Å². The van der Waals surface area contributed by atoms with Crippen LogP contribution in [-0.2, 0) is 25.7 Å². The first kappa shape index (κ1) is 32.5. The van der Waals surface area contributed by atoms with Gasteiger partial charge in [0.15, 0.2) is 0 Å². The highest BCUT2D eigenvalue weighted by molar-refractivity contribution is 5.92. The number of halogens is 1. The number of carbonyl (C=O) groups is 4. The Balaban J connectivity index is 0.00000722. The van der Waals surface area contributed by atoms with E-state index in [9.17, 15) is 24.3 Å². The third-order valence-corrected chi connectivity index (χ3v) is 5.98. The van der Waals surface area contributed by atoms with Crippen molar-refractivity contribution in [1.82, 2.24) is 20.4 Å². The van der Waals surface area contributed by atoms with Crippen LogP contribution in [0.25, 0.3) is 0 Å². The second-order valence-corrected chi connectivity index (χ2v) is 9.04. The number of carboxylic acids is 1. The largest absolute Gasteiger partial charge is 0.480 e. The van der Waals surface area contributed by atoms with E-state index in [-0.39, 0.29) is 37.9 Å². The number of hydrogen-bond donors (Lipinski definition) is 4. The summed E-state index contributed by atoms with van der Waals surface area (Å²) in [4.78, 5) is 53.0. The van der Waals surface area contributed by atoms with E-state index >= 15 is 0 Å². The minimum atomic E-state index is -1.27. The monoisotopic (exact) mass is 554 g/mol. The summed E-state index contributed by atoms with van der Waals surface area (Å²) in [7, 11) is 0. The number of nitrogens with one attached hydrogen (secondary N) is 2. The second-order valence-electron chi connectivity index (χ2n) is 9.04. The molecule has 0 unspecified atom stereocenters. The lowest BCUT2D eigenvalue weighted by Gasteiger charge is -2.31. The van der Waals surface area contributed by atoms with Crippen LogP contribution in [0.4, 0.5) is 4.79 Å². The van der Waals surface area contributed by atoms with Crippen molar-refractivity contribution in [2.75, 3.05) is 32.7 Å². The molecule has 0 saturated carbocycles. The molecule has 1 saturated heterocycles. The first-order valence-electron chi connectivity index (χ1n) is 12.5. The summed E-state index contributed by atoms with van der Waals surface area (Å²) in [5, 5.41) is 18.1. The zero-order valence-corrected chi connectivity index (χ0v) is 22.5. The van der Waals surface area contributed by atoms with Crippen LogP contribution < -0.4 is 16.5 Å². The van der Waals surface area contributed by atoms with Crippen LogP contribution >= 0.6 is 12.4 Å². The number of alkyl carbamates (subject to hydrolysis) is 1. The molecule has 0 spiro atoms. The number of aliphatic carboxylic acids is 1. The van der Waals surface area contributed by atoms with Gasteiger partial charge in [-0.2, -0.15) is 5.10 Å². The third-order valence-electron chi connectivity index (χ3n) is 5.98. The fourth-order valence-corrected chi connectivity index (χ4v) is 4.09. The number of amides is 3. The number of carboxylic acid groups (broad SMARTS) is 1. The quantitative estimate of drug-likeness (QED) is 0.116. The summed E-state index contributed by atoms with van der Waals surface area (Å²) in [6, 6.07) is 7.74. The van der Waals surface area contributed by atoms with E-state index in [1.165, 1.54) is 0 Å². The number of rotatable bonds is 14. The fourth-order valence-electron chi connectivity index (χ4n) is 4.09. The maximum absolute atomic E-state index is 13.2. The van der Waals surface area contributed by atoms with Crippen molar-refractivity contribution in [2.24, 2.45) is 16.9 Å². The molecular formula is C25H39ClN6O6. The van der Waals surface area contributed by atoms with Gasteiger partial charge in [0.2, 0.25) is 11.8 Å². The average molecular weight is 555 g/mol. The summed E-state index contributed by atoms with van der Waals surface area (Å²) < 4.78 is 5.23. The first-order chi connectivity index (χ1) is 17.8. The molecule has 0 aromatic heterocycles. The molecule has 1 aliphatic rings. The molecule has 1 aliphatic heterocycles. The van der Waals surface area contributed by atoms with E-state index in [0.29, 0.717) is 19.5 Å². The molecule has 2 atom stereocenters. The van der Waals surface area contributed by atoms with Gasteiger partial charge in [0.1, 0.15) is 25.5 Å². The standard InChI is InChI=1S/C25H38N6O6.ClH/c1-2-3-12-31(16-23(33)34)24(35)21(29-25(36)37-17-19-8-5-4-6-9-19)13-22(32)27-14-20-10-7-11-30(15-20)18-28-26;/h4-6,8-9,18,20-21H,2-3,7,10-17,26H2,1H3,(H,27,32)(H,29,36)(H,33,34);1H/t20-,21-;/m0./s1. The van der Waals surface area contributed by atoms with Crippen molar-refractivity contribution in [3.05, 3.63) is 35.9 Å². The van der Waals surface area contributed by atoms with Gasteiger partial charge in [-0.3, -0.25) is 14.4 Å². The van der Waals surface area contributed by atoms with E-state index in [4.69, 9.17) is 10.6 Å². The number of carbonyl (C=O) groups excluding carboxylic acids is 3. The second kappa shape index (κ2) is 17.8. The van der Waals surface area contributed by atoms with Crippen LogP contribution in [0, 0.1) is 5.92 Å². The van der Waals surface area contributed by atoms with Gasteiger partial charge >= 0.3 is 12.1 Å². The number of nitrogens with zero attached hydrogens (tertiary/aromatic N) is 3. The highest BCUT2D eigenvalue weighted by Gasteiger charge is 2.30. The molecule has 0 radical (unpaired) electrons. The Bertz CT molecular complexity index is 919. The highest BCUT2D eigenvalue weighted by atomic mass is 35.5. The summed E-state index contributed by atoms with van der Waals surface area (Å²) in [6.07, 6.45) is 3.54. The Morgan fingerprint density at radius 1 is 1.29 bits per heavy atom. The lowest BCUT2D eigenvalue weighted by Crippen LogP contribution is -2.52. The normalized spacial score (nSPS) is 15.7. The van der Waals surface area contributed by atoms with Crippen LogP contribution in [0.2, 0.25) is 0 Å². The third kappa shape index (κ3) is 12.1. The van der Waals surface area contributed by atoms with Gasteiger partial charge in [-0.15, -0.1) is 12.4 Å². The molecule has 212 valence electrons. The molecule has 2 rings (SSSR count). The van der Waals surface area contributed by atoms with E-state index in [2.05, 4.69) is 15.7 Å². The van der Waals surface area contributed by atoms with Crippen molar-refractivity contribution in [2.45, 2.75) is 51.7 Å². The highest BCUT2D eigenvalue weighted by Crippen LogP contribution is 2.14. The lowest BCUT2D eigenvalue weighted by atomic mass is 9.98. The maximum Gasteiger partial charge on any atom is 0.408 e. The molecule has 1 aromatic rings. The molecule has 0 bridgehead atoms. The minimum absolute atomic E-state index is 0. The van der Waals surface area contributed by atoms with Crippen LogP contribution in [-0.4, -0.2) is 83.9 Å². The molecule has 1 fully saturated rings. The molecule has 3 amide bonds. The lowest BCUT2D eigenvalue weighted by molar-refractivity contribution is -0.145. The van der Waals surface area contributed by atoms with Crippen LogP contribution in [0.15, 0.2) is 35.4 Å². The zero-order valence-electron chi connectivity index (χ0n) is 21.7. The Morgan fingerprint density at radius 2 is 2.03 bits per heavy atom. The van der Waals surface area contributed by atoms with Crippen molar-refractivity contribution in [1.29, 1.82) is 0 Å². The van der Waals surface area contributed by atoms with Gasteiger partial charge in [0.05, 0.1) is 6.42 Å². The van der Waals surface area contributed by atoms with E-state index in [1.807, 2.05) is 17.9 Å². The molecule has 5 N–H and O–H groups in total. The Kier molecular flexibility index (Phi) is 15.2. The number of piperidine rings is 1. The summed E-state index contributed by atoms with van der Waals surface area (Å²) in [6.45, 7) is 3.49. The Hall–Kier alpha value is -3.54. The number of hydrogen-bond acceptors (Lipinski definition) is 7. The molecule has 1 heterocycles. The molecular weight excluding hydrogens is 516 g/mol. The van der Waals surface area contributed by atoms with E-state index in [1.54, 1.807) is 30.6 Å². The smallest absolute Gasteiger partial charge is 0.408 e. The number of unbranched alkanes of at least 4 members (excludes halogenated alkanes) is 1. The molecule has 12 nitrogen and oxygen atoms in total. The van der Waals surface area contributed by atoms with Gasteiger partial charge in [-0.1, -0.05) is 43.7 Å². The SMILES string of the molecule is CCCCN(CC(=O)O)C(=O)[C@H](CC(=O)NC[C@@H]1CCCN(C=NN)C1)NC(=O)OCc1ccccc1.Cl. The minimum Gasteiger partial charge on any atom is -0.480 e. The van der Waals surface area contributed by atoms with Crippen LogP contribution in [0.1, 0.15) is 44.6 Å². The maximum atomic E-state index is 13.2. The van der Waals surface area contributed by atoms with Crippen molar-refractivity contribution in [3.8, 4) is 0 Å². The Labute approximate surface area is 229 Å². The van der Waals surface area contributed by atoms with Gasteiger partial charge in [-0.05, 0) is 30.7 Å². The van der Waals surface area contributed by atoms with Crippen LogP contribution in [0.5, 0.6) is 0 Å². The van der Waals surface area contributed by atoms with E-state index < -0.39 is 36.5 Å². The van der Waals surface area contributed by atoms with Crippen LogP contribution in [0.3, 0.4) is 0 Å². The molecule has 1 aromatic carbocycles. The average Bonchev–Trinajstić information content (AvgIpc) is 2.88. The van der Waals surface area contributed by atoms with Crippen molar-refractivity contribution < 1.29 is 29.0 Å². The van der Waals surface area contributed by atoms with E-state index in [0.717, 1.165) is 36.3 Å². The predicted octanol–water partition coefficient (Wildman–Crippen LogP) is 1.54.